The van der Waals surface area contributed by atoms with Crippen molar-refractivity contribution in [1.29, 1.82) is 0 Å². The van der Waals surface area contributed by atoms with Gasteiger partial charge in [-0.1, -0.05) is 12.1 Å². The van der Waals surface area contributed by atoms with E-state index in [4.69, 9.17) is 0 Å². The fourth-order valence-corrected chi connectivity index (χ4v) is 5.19. The number of likely N-dealkylation sites (tertiary alicyclic amines) is 1. The Labute approximate surface area is 186 Å². The van der Waals surface area contributed by atoms with Crippen molar-refractivity contribution in [3.05, 3.63) is 70.2 Å². The number of aromatic nitrogens is 2. The number of fused-ring (bicyclic) bond motifs is 1. The summed E-state index contributed by atoms with van der Waals surface area (Å²) in [5.74, 6) is -0.180. The van der Waals surface area contributed by atoms with Crippen molar-refractivity contribution in [2.75, 3.05) is 31.1 Å². The van der Waals surface area contributed by atoms with Crippen molar-refractivity contribution in [3.63, 3.8) is 0 Å². The average molecular weight is 434 g/mol. The molecule has 0 radical (unpaired) electrons. The molecule has 0 saturated carbocycles. The number of anilines is 1. The van der Waals surface area contributed by atoms with Crippen molar-refractivity contribution in [3.8, 4) is 0 Å². The highest BCUT2D eigenvalue weighted by Crippen LogP contribution is 2.31. The smallest absolute Gasteiger partial charge is 0.259 e. The summed E-state index contributed by atoms with van der Waals surface area (Å²) in [5.41, 5.74) is 2.70. The zero-order valence-electron chi connectivity index (χ0n) is 18.1. The van der Waals surface area contributed by atoms with Crippen LogP contribution in [-0.2, 0) is 6.54 Å². The van der Waals surface area contributed by atoms with Crippen LogP contribution in [0.1, 0.15) is 36.6 Å². The van der Waals surface area contributed by atoms with Crippen molar-refractivity contribution in [2.45, 2.75) is 37.8 Å². The predicted molar refractivity (Wildman–Crippen MR) is 126 cm³/mol. The van der Waals surface area contributed by atoms with Crippen LogP contribution in [0.15, 0.2) is 52.4 Å². The first-order chi connectivity index (χ1) is 15.6. The van der Waals surface area contributed by atoms with E-state index in [-0.39, 0.29) is 16.9 Å². The molecular formula is C25H28FN5O. The first-order valence-corrected chi connectivity index (χ1v) is 11.3. The highest BCUT2D eigenvalue weighted by molar-refractivity contribution is 5.82. The maximum atomic E-state index is 14.0. The lowest BCUT2D eigenvalue weighted by molar-refractivity contribution is 0.205. The molecule has 2 aromatic heterocycles. The lowest BCUT2D eigenvalue weighted by Crippen LogP contribution is -2.44. The molecule has 2 aliphatic rings. The molecule has 0 amide bonds. The molecule has 32 heavy (non-hydrogen) atoms. The summed E-state index contributed by atoms with van der Waals surface area (Å²) < 4.78 is 14.0. The molecule has 0 aliphatic carbocycles. The number of nitrogens with one attached hydrogen (secondary N) is 1. The summed E-state index contributed by atoms with van der Waals surface area (Å²) >= 11 is 0. The number of aromatic amines is 1. The second kappa shape index (κ2) is 8.82. The average Bonchev–Trinajstić information content (AvgIpc) is 3.30. The molecule has 0 spiro atoms. The van der Waals surface area contributed by atoms with E-state index in [1.54, 1.807) is 6.07 Å². The largest absolute Gasteiger partial charge is 0.370 e. The lowest BCUT2D eigenvalue weighted by atomic mass is 10.0. The minimum Gasteiger partial charge on any atom is -0.370 e. The van der Waals surface area contributed by atoms with E-state index in [0.29, 0.717) is 18.0 Å². The Morgan fingerprint density at radius 3 is 2.75 bits per heavy atom. The van der Waals surface area contributed by atoms with Crippen LogP contribution in [0.3, 0.4) is 0 Å². The van der Waals surface area contributed by atoms with Gasteiger partial charge in [0.2, 0.25) is 0 Å². The molecule has 5 rings (SSSR count). The Morgan fingerprint density at radius 1 is 1.16 bits per heavy atom. The van der Waals surface area contributed by atoms with E-state index < -0.39 is 5.82 Å². The van der Waals surface area contributed by atoms with Gasteiger partial charge < -0.3 is 9.88 Å². The Bertz CT molecular complexity index is 1170. The highest BCUT2D eigenvalue weighted by atomic mass is 19.1. The van der Waals surface area contributed by atoms with Crippen LogP contribution in [0.2, 0.25) is 0 Å². The lowest BCUT2D eigenvalue weighted by Gasteiger charge is -2.37. The van der Waals surface area contributed by atoms with Crippen LogP contribution < -0.4 is 10.5 Å². The van der Waals surface area contributed by atoms with E-state index >= 15 is 0 Å². The summed E-state index contributed by atoms with van der Waals surface area (Å²) in [6.07, 6.45) is 5.18. The predicted octanol–water partition coefficient (Wildman–Crippen LogP) is 3.72. The molecule has 2 saturated heterocycles. The van der Waals surface area contributed by atoms with Gasteiger partial charge in [-0.3, -0.25) is 19.7 Å². The van der Waals surface area contributed by atoms with Crippen molar-refractivity contribution >= 4 is 23.2 Å². The highest BCUT2D eigenvalue weighted by Gasteiger charge is 2.32. The fourth-order valence-electron chi connectivity index (χ4n) is 5.19. The number of H-pyrrole nitrogens is 1. The number of piperidine rings is 1. The minimum absolute atomic E-state index is 0.154. The SMILES string of the molecule is C=NCc1ccc(N2CCC(N3CCC(c4cc5cccc(F)c5c(=O)[nH]4)C3)CC2)cn1. The number of hydrogen-bond acceptors (Lipinski definition) is 5. The third-order valence-corrected chi connectivity index (χ3v) is 6.93. The van der Waals surface area contributed by atoms with Gasteiger partial charge in [0.15, 0.2) is 0 Å². The van der Waals surface area contributed by atoms with E-state index in [9.17, 15) is 9.18 Å². The van der Waals surface area contributed by atoms with Crippen LogP contribution >= 0.6 is 0 Å². The van der Waals surface area contributed by atoms with E-state index in [1.807, 2.05) is 24.4 Å². The first kappa shape index (κ1) is 20.8. The molecule has 3 aromatic rings. The van der Waals surface area contributed by atoms with Crippen LogP contribution in [0.5, 0.6) is 0 Å². The maximum absolute atomic E-state index is 14.0. The van der Waals surface area contributed by atoms with Gasteiger partial charge >= 0.3 is 0 Å². The van der Waals surface area contributed by atoms with Crippen LogP contribution in [-0.4, -0.2) is 53.8 Å². The number of halogens is 1. The van der Waals surface area contributed by atoms with Gasteiger partial charge in [-0.15, -0.1) is 0 Å². The molecule has 0 bridgehead atoms. The summed E-state index contributed by atoms with van der Waals surface area (Å²) in [6, 6.07) is 11.5. The standard InChI is InChI=1S/C25H28FN5O/c1-27-14-19-5-6-21(15-28-19)30-11-8-20(9-12-30)31-10-7-18(16-31)23-13-17-3-2-4-22(26)24(17)25(32)29-23/h2-6,13,15,18,20H,1,7-12,14,16H2,(H,29,32). The topological polar surface area (TPSA) is 64.6 Å². The zero-order valence-corrected chi connectivity index (χ0v) is 18.1. The molecule has 4 heterocycles. The monoisotopic (exact) mass is 433 g/mol. The number of hydrogen-bond donors (Lipinski definition) is 1. The number of benzene rings is 1. The first-order valence-electron chi connectivity index (χ1n) is 11.3. The minimum atomic E-state index is -0.461. The molecule has 2 aliphatic heterocycles. The van der Waals surface area contributed by atoms with Gasteiger partial charge in [0.25, 0.3) is 5.56 Å². The van der Waals surface area contributed by atoms with Gasteiger partial charge in [-0.2, -0.15) is 0 Å². The normalized spacial score (nSPS) is 20.2. The van der Waals surface area contributed by atoms with Gasteiger partial charge in [-0.25, -0.2) is 4.39 Å². The fraction of sp³-hybridized carbons (Fsp3) is 0.400. The molecule has 1 aromatic carbocycles. The summed E-state index contributed by atoms with van der Waals surface area (Å²) in [7, 11) is 0. The second-order valence-electron chi connectivity index (χ2n) is 8.85. The second-order valence-corrected chi connectivity index (χ2v) is 8.85. The van der Waals surface area contributed by atoms with Gasteiger partial charge in [0.1, 0.15) is 5.82 Å². The summed E-state index contributed by atoms with van der Waals surface area (Å²) in [5, 5.41) is 0.834. The van der Waals surface area contributed by atoms with E-state index in [2.05, 4.69) is 37.5 Å². The Hall–Kier alpha value is -3.06. The summed E-state index contributed by atoms with van der Waals surface area (Å²) in [4.78, 5) is 28.7. The third kappa shape index (κ3) is 4.05. The molecule has 1 atom stereocenters. The summed E-state index contributed by atoms with van der Waals surface area (Å²) in [6.45, 7) is 8.07. The molecule has 7 heteroatoms. The van der Waals surface area contributed by atoms with Gasteiger partial charge in [0.05, 0.1) is 29.5 Å². The Balaban J connectivity index is 1.22. The van der Waals surface area contributed by atoms with Gasteiger partial charge in [-0.05, 0) is 62.2 Å². The van der Waals surface area contributed by atoms with Gasteiger partial charge in [0, 0.05) is 37.3 Å². The van der Waals surface area contributed by atoms with Crippen molar-refractivity contribution in [1.82, 2.24) is 14.9 Å². The molecule has 6 nitrogen and oxygen atoms in total. The zero-order chi connectivity index (χ0) is 22.1. The van der Waals surface area contributed by atoms with E-state index in [1.165, 1.54) is 6.07 Å². The third-order valence-electron chi connectivity index (χ3n) is 6.93. The van der Waals surface area contributed by atoms with Crippen LogP contribution in [0.4, 0.5) is 10.1 Å². The molecular weight excluding hydrogens is 405 g/mol. The maximum Gasteiger partial charge on any atom is 0.259 e. The molecule has 1 unspecified atom stereocenters. The molecule has 2 fully saturated rings. The number of rotatable bonds is 5. The Kier molecular flexibility index (Phi) is 5.74. The molecule has 1 N–H and O–H groups in total. The number of nitrogens with zero attached hydrogens (tertiary/aromatic N) is 4. The van der Waals surface area contributed by atoms with Crippen molar-refractivity contribution in [2.24, 2.45) is 4.99 Å². The number of pyridine rings is 2. The van der Waals surface area contributed by atoms with Crippen molar-refractivity contribution < 1.29 is 4.39 Å². The van der Waals surface area contributed by atoms with Crippen LogP contribution in [0, 0.1) is 5.82 Å². The van der Waals surface area contributed by atoms with Crippen LogP contribution in [0.25, 0.3) is 10.8 Å². The van der Waals surface area contributed by atoms with E-state index in [0.717, 1.165) is 62.5 Å². The number of aliphatic imine (C=N–C) groups is 1. The Morgan fingerprint density at radius 2 is 2.00 bits per heavy atom. The quantitative estimate of drug-likeness (QED) is 0.623. The molecule has 166 valence electrons.